The first kappa shape index (κ1) is 16.1. The summed E-state index contributed by atoms with van der Waals surface area (Å²) in [6.45, 7) is 4.60. The number of thiocarbonyl (C=S) groups is 1. The van der Waals surface area contributed by atoms with E-state index < -0.39 is 0 Å². The summed E-state index contributed by atoms with van der Waals surface area (Å²) in [6, 6.07) is 10.2. The average molecular weight is 354 g/mol. The number of hydrogen-bond acceptors (Lipinski definition) is 3. The highest BCUT2D eigenvalue weighted by Gasteiger charge is 2.25. The van der Waals surface area contributed by atoms with Gasteiger partial charge in [-0.1, -0.05) is 6.07 Å². The Bertz CT molecular complexity index is 871. The second kappa shape index (κ2) is 6.88. The lowest BCUT2D eigenvalue weighted by atomic mass is 9.98. The number of furan rings is 1. The number of H-pyrrole nitrogens is 1. The Morgan fingerprint density at radius 2 is 2.36 bits per heavy atom. The molecule has 0 spiro atoms. The van der Waals surface area contributed by atoms with E-state index in [9.17, 15) is 0 Å². The van der Waals surface area contributed by atoms with Gasteiger partial charge in [-0.2, -0.15) is 0 Å². The number of rotatable bonds is 3. The van der Waals surface area contributed by atoms with Crippen LogP contribution in [0.3, 0.4) is 0 Å². The molecule has 1 saturated heterocycles. The second-order valence-electron chi connectivity index (χ2n) is 6.67. The number of aromatic nitrogens is 2. The molecule has 1 atom stereocenters. The first-order valence-electron chi connectivity index (χ1n) is 8.70. The third kappa shape index (κ3) is 3.54. The minimum absolute atomic E-state index is 0.379. The summed E-state index contributed by atoms with van der Waals surface area (Å²) in [7, 11) is 0. The Balaban J connectivity index is 1.43. The molecule has 130 valence electrons. The highest BCUT2D eigenvalue weighted by Crippen LogP contribution is 2.27. The molecule has 6 heteroatoms. The van der Waals surface area contributed by atoms with Gasteiger partial charge in [0.15, 0.2) is 5.11 Å². The summed E-state index contributed by atoms with van der Waals surface area (Å²) in [5, 5.41) is 4.08. The van der Waals surface area contributed by atoms with Crippen LogP contribution in [0.15, 0.2) is 41.0 Å². The van der Waals surface area contributed by atoms with Gasteiger partial charge in [-0.15, -0.1) is 0 Å². The SMILES string of the molecule is Cc1ccc2nc(C3CCCN(C(=S)NCc4ccco4)C3)[nH]c2c1. The van der Waals surface area contributed by atoms with Gasteiger partial charge in [-0.25, -0.2) is 4.98 Å². The van der Waals surface area contributed by atoms with Crippen molar-refractivity contribution in [1.82, 2.24) is 20.2 Å². The van der Waals surface area contributed by atoms with Gasteiger partial charge in [0.1, 0.15) is 11.6 Å². The van der Waals surface area contributed by atoms with Gasteiger partial charge in [0.25, 0.3) is 0 Å². The third-order valence-corrected chi connectivity index (χ3v) is 5.15. The maximum atomic E-state index is 5.57. The molecule has 5 nitrogen and oxygen atoms in total. The molecule has 3 heterocycles. The first-order valence-corrected chi connectivity index (χ1v) is 9.11. The number of likely N-dealkylation sites (tertiary alicyclic amines) is 1. The average Bonchev–Trinajstić information content (AvgIpc) is 3.28. The Morgan fingerprint density at radius 1 is 1.44 bits per heavy atom. The molecule has 1 aliphatic rings. The molecule has 2 N–H and O–H groups in total. The molecular weight excluding hydrogens is 332 g/mol. The zero-order chi connectivity index (χ0) is 17.2. The van der Waals surface area contributed by atoms with Crippen LogP contribution >= 0.6 is 12.2 Å². The molecule has 1 unspecified atom stereocenters. The monoisotopic (exact) mass is 354 g/mol. The van der Waals surface area contributed by atoms with Crippen LogP contribution in [0, 0.1) is 6.92 Å². The van der Waals surface area contributed by atoms with Crippen LogP contribution < -0.4 is 5.32 Å². The number of hydrogen-bond donors (Lipinski definition) is 2. The van der Waals surface area contributed by atoms with E-state index in [-0.39, 0.29) is 0 Å². The number of fused-ring (bicyclic) bond motifs is 1. The predicted molar refractivity (Wildman–Crippen MR) is 103 cm³/mol. The molecule has 0 saturated carbocycles. The fourth-order valence-electron chi connectivity index (χ4n) is 3.41. The first-order chi connectivity index (χ1) is 12.2. The van der Waals surface area contributed by atoms with Crippen molar-refractivity contribution in [3.63, 3.8) is 0 Å². The Labute approximate surface area is 152 Å². The minimum atomic E-state index is 0.379. The number of nitrogens with one attached hydrogen (secondary N) is 2. The van der Waals surface area contributed by atoms with Gasteiger partial charge in [-0.05, 0) is 61.8 Å². The molecule has 4 rings (SSSR count). The van der Waals surface area contributed by atoms with Crippen LogP contribution in [0.2, 0.25) is 0 Å². The maximum absolute atomic E-state index is 5.57. The van der Waals surface area contributed by atoms with Crippen molar-refractivity contribution in [2.24, 2.45) is 0 Å². The van der Waals surface area contributed by atoms with E-state index in [1.165, 1.54) is 5.56 Å². The lowest BCUT2D eigenvalue weighted by molar-refractivity contribution is 0.299. The number of imidazole rings is 1. The lowest BCUT2D eigenvalue weighted by Gasteiger charge is -2.33. The van der Waals surface area contributed by atoms with Gasteiger partial charge < -0.3 is 19.6 Å². The van der Waals surface area contributed by atoms with Gasteiger partial charge in [0, 0.05) is 19.0 Å². The minimum Gasteiger partial charge on any atom is -0.467 e. The molecule has 1 aromatic carbocycles. The largest absolute Gasteiger partial charge is 0.467 e. The predicted octanol–water partition coefficient (Wildman–Crippen LogP) is 3.72. The number of aryl methyl sites for hydroxylation is 1. The van der Waals surface area contributed by atoms with Crippen molar-refractivity contribution in [2.45, 2.75) is 32.2 Å². The molecule has 25 heavy (non-hydrogen) atoms. The van der Waals surface area contributed by atoms with Crippen molar-refractivity contribution in [1.29, 1.82) is 0 Å². The number of aromatic amines is 1. The standard InChI is InChI=1S/C19H22N4OS/c1-13-6-7-16-17(10-13)22-18(21-16)14-4-2-8-23(12-14)19(25)20-11-15-5-3-9-24-15/h3,5-7,9-10,14H,2,4,8,11-12H2,1H3,(H,20,25)(H,21,22). The van der Waals surface area contributed by atoms with Crippen molar-refractivity contribution in [2.75, 3.05) is 13.1 Å². The zero-order valence-corrected chi connectivity index (χ0v) is 15.1. The highest BCUT2D eigenvalue weighted by molar-refractivity contribution is 7.80. The van der Waals surface area contributed by atoms with E-state index >= 15 is 0 Å². The second-order valence-corrected chi connectivity index (χ2v) is 7.05. The van der Waals surface area contributed by atoms with Gasteiger partial charge >= 0.3 is 0 Å². The summed E-state index contributed by atoms with van der Waals surface area (Å²) in [5.41, 5.74) is 3.40. The van der Waals surface area contributed by atoms with E-state index in [4.69, 9.17) is 21.6 Å². The molecule has 0 bridgehead atoms. The fourth-order valence-corrected chi connectivity index (χ4v) is 3.65. The zero-order valence-electron chi connectivity index (χ0n) is 14.3. The van der Waals surface area contributed by atoms with E-state index in [0.29, 0.717) is 12.5 Å². The molecule has 0 amide bonds. The van der Waals surface area contributed by atoms with Crippen LogP contribution in [0.5, 0.6) is 0 Å². The van der Waals surface area contributed by atoms with Crippen LogP contribution in [-0.4, -0.2) is 33.1 Å². The van der Waals surface area contributed by atoms with Gasteiger partial charge in [0.2, 0.25) is 0 Å². The van der Waals surface area contributed by atoms with Crippen molar-refractivity contribution >= 4 is 28.4 Å². The Kier molecular flexibility index (Phi) is 4.44. The maximum Gasteiger partial charge on any atom is 0.169 e. The smallest absolute Gasteiger partial charge is 0.169 e. The van der Waals surface area contributed by atoms with E-state index in [1.807, 2.05) is 12.1 Å². The van der Waals surface area contributed by atoms with Crippen LogP contribution in [0.1, 0.15) is 35.9 Å². The van der Waals surface area contributed by atoms with E-state index in [1.54, 1.807) is 6.26 Å². The van der Waals surface area contributed by atoms with Crippen molar-refractivity contribution < 1.29 is 4.42 Å². The van der Waals surface area contributed by atoms with Gasteiger partial charge in [-0.3, -0.25) is 0 Å². The van der Waals surface area contributed by atoms with Crippen LogP contribution in [-0.2, 0) is 6.54 Å². The summed E-state index contributed by atoms with van der Waals surface area (Å²) in [6.07, 6.45) is 3.93. The lowest BCUT2D eigenvalue weighted by Crippen LogP contribution is -2.44. The molecule has 2 aromatic heterocycles. The topological polar surface area (TPSA) is 57.1 Å². The van der Waals surface area contributed by atoms with Crippen LogP contribution in [0.25, 0.3) is 11.0 Å². The third-order valence-electron chi connectivity index (χ3n) is 4.74. The van der Waals surface area contributed by atoms with Gasteiger partial charge in [0.05, 0.1) is 23.8 Å². The molecule has 3 aromatic rings. The molecule has 0 aliphatic carbocycles. The Hall–Kier alpha value is -2.34. The summed E-state index contributed by atoms with van der Waals surface area (Å²) < 4.78 is 5.35. The highest BCUT2D eigenvalue weighted by atomic mass is 32.1. The quantitative estimate of drug-likeness (QED) is 0.702. The Morgan fingerprint density at radius 3 is 3.20 bits per heavy atom. The fraction of sp³-hybridized carbons (Fsp3) is 0.368. The summed E-state index contributed by atoms with van der Waals surface area (Å²) >= 11 is 5.57. The number of nitrogens with zero attached hydrogens (tertiary/aromatic N) is 2. The van der Waals surface area contributed by atoms with E-state index in [2.05, 4.69) is 40.3 Å². The molecule has 1 aliphatic heterocycles. The molecule has 1 fully saturated rings. The summed E-state index contributed by atoms with van der Waals surface area (Å²) in [4.78, 5) is 10.5. The van der Waals surface area contributed by atoms with Crippen molar-refractivity contribution in [3.8, 4) is 0 Å². The van der Waals surface area contributed by atoms with Crippen molar-refractivity contribution in [3.05, 3.63) is 53.7 Å². The number of piperidine rings is 1. The number of benzene rings is 1. The molecule has 0 radical (unpaired) electrons. The van der Waals surface area contributed by atoms with Crippen LogP contribution in [0.4, 0.5) is 0 Å². The molecular formula is C19H22N4OS. The normalized spacial score (nSPS) is 17.8. The summed E-state index contributed by atoms with van der Waals surface area (Å²) in [5.74, 6) is 2.34. The van der Waals surface area contributed by atoms with E-state index in [0.717, 1.165) is 53.7 Å².